The van der Waals surface area contributed by atoms with E-state index in [0.29, 0.717) is 10.2 Å². The number of nitro benzene ring substituents is 1. The van der Waals surface area contributed by atoms with Crippen LogP contribution in [-0.4, -0.2) is 15.4 Å². The maximum Gasteiger partial charge on any atom is 0.281 e. The molecule has 0 N–H and O–H groups in total. The lowest BCUT2D eigenvalue weighted by Gasteiger charge is -2.01. The van der Waals surface area contributed by atoms with Crippen molar-refractivity contribution >= 4 is 44.7 Å². The van der Waals surface area contributed by atoms with Crippen molar-refractivity contribution in [2.45, 2.75) is 6.54 Å². The molecule has 0 aliphatic rings. The average molecular weight is 390 g/mol. The number of hydrogen-bond acceptors (Lipinski definition) is 4. The minimum absolute atomic E-state index is 0.0451. The molecule has 6 nitrogen and oxygen atoms in total. The van der Waals surface area contributed by atoms with Crippen LogP contribution in [0.1, 0.15) is 10.4 Å². The predicted octanol–water partition coefficient (Wildman–Crippen LogP) is 3.78. The highest BCUT2D eigenvalue weighted by Crippen LogP contribution is 2.23. The first kappa shape index (κ1) is 17.8. The largest absolute Gasteiger partial charge is 0.305 e. The molecule has 0 aliphatic heterocycles. The Balaban J connectivity index is 2.17. The number of benzene rings is 2. The van der Waals surface area contributed by atoms with Crippen molar-refractivity contribution in [1.29, 1.82) is 0 Å². The molecular formula is C17H9ClFN3O3S. The monoisotopic (exact) mass is 389 g/mol. The van der Waals surface area contributed by atoms with Gasteiger partial charge in [-0.05, 0) is 24.3 Å². The zero-order valence-electron chi connectivity index (χ0n) is 13.0. The van der Waals surface area contributed by atoms with E-state index in [1.54, 1.807) is 10.6 Å². The molecule has 1 heterocycles. The minimum Gasteiger partial charge on any atom is -0.305 e. The second kappa shape index (κ2) is 7.07. The summed E-state index contributed by atoms with van der Waals surface area (Å²) in [5.41, 5.74) is 0.588. The SMILES string of the molecule is C#CCn1c(=NC(=O)c2ccc(F)cc2Cl)sc2cc([N+](=O)[O-])ccc21. The van der Waals surface area contributed by atoms with Gasteiger partial charge in [0.25, 0.3) is 11.6 Å². The second-order valence-electron chi connectivity index (χ2n) is 5.13. The first-order valence-corrected chi connectivity index (χ1v) is 8.35. The van der Waals surface area contributed by atoms with Crippen LogP contribution in [0.25, 0.3) is 10.2 Å². The molecule has 0 fully saturated rings. The zero-order chi connectivity index (χ0) is 18.8. The van der Waals surface area contributed by atoms with Gasteiger partial charge in [-0.1, -0.05) is 28.9 Å². The van der Waals surface area contributed by atoms with Crippen LogP contribution in [0, 0.1) is 28.3 Å². The molecule has 0 bridgehead atoms. The standard InChI is InChI=1S/C17H9ClFN3O3S/c1-2-7-21-14-6-4-11(22(24)25)9-15(14)26-17(21)20-16(23)12-5-3-10(19)8-13(12)18/h1,3-6,8-9H,7H2. The maximum absolute atomic E-state index is 13.1. The molecule has 3 rings (SSSR count). The van der Waals surface area contributed by atoms with Gasteiger partial charge >= 0.3 is 0 Å². The van der Waals surface area contributed by atoms with Crippen LogP contribution < -0.4 is 4.80 Å². The van der Waals surface area contributed by atoms with E-state index in [2.05, 4.69) is 10.9 Å². The second-order valence-corrected chi connectivity index (χ2v) is 6.54. The van der Waals surface area contributed by atoms with E-state index in [1.807, 2.05) is 0 Å². The number of fused-ring (bicyclic) bond motifs is 1. The van der Waals surface area contributed by atoms with Gasteiger partial charge in [0.1, 0.15) is 5.82 Å². The minimum atomic E-state index is -0.665. The molecule has 0 aliphatic carbocycles. The number of nitrogens with zero attached hydrogens (tertiary/aromatic N) is 3. The quantitative estimate of drug-likeness (QED) is 0.388. The van der Waals surface area contributed by atoms with Gasteiger partial charge in [-0.2, -0.15) is 4.99 Å². The van der Waals surface area contributed by atoms with E-state index < -0.39 is 16.6 Å². The molecule has 3 aromatic rings. The Morgan fingerprint density at radius 3 is 2.81 bits per heavy atom. The van der Waals surface area contributed by atoms with Crippen LogP contribution in [0.3, 0.4) is 0 Å². The lowest BCUT2D eigenvalue weighted by molar-refractivity contribution is -0.384. The number of non-ortho nitro benzene ring substituents is 1. The highest BCUT2D eigenvalue weighted by atomic mass is 35.5. The third-order valence-corrected chi connectivity index (χ3v) is 4.84. The highest BCUT2D eigenvalue weighted by Gasteiger charge is 2.14. The van der Waals surface area contributed by atoms with Gasteiger partial charge in [-0.15, -0.1) is 6.42 Å². The number of thiazole rings is 1. The summed E-state index contributed by atoms with van der Waals surface area (Å²) >= 11 is 6.98. The number of aromatic nitrogens is 1. The van der Waals surface area contributed by atoms with E-state index in [1.165, 1.54) is 18.2 Å². The smallest absolute Gasteiger partial charge is 0.281 e. The van der Waals surface area contributed by atoms with Gasteiger partial charge in [0.2, 0.25) is 0 Å². The first-order valence-electron chi connectivity index (χ1n) is 7.16. The Hall–Kier alpha value is -3.02. The molecule has 1 aromatic heterocycles. The third-order valence-electron chi connectivity index (χ3n) is 3.49. The van der Waals surface area contributed by atoms with Crippen molar-refractivity contribution in [3.05, 3.63) is 67.7 Å². The fourth-order valence-electron chi connectivity index (χ4n) is 2.31. The van der Waals surface area contributed by atoms with E-state index in [9.17, 15) is 19.3 Å². The number of rotatable bonds is 3. The van der Waals surface area contributed by atoms with Gasteiger partial charge in [0, 0.05) is 12.1 Å². The number of carbonyl (C=O) groups is 1. The maximum atomic E-state index is 13.1. The molecule has 130 valence electrons. The van der Waals surface area contributed by atoms with Gasteiger partial charge in [-0.3, -0.25) is 14.9 Å². The molecule has 2 aromatic carbocycles. The van der Waals surface area contributed by atoms with Crippen molar-refractivity contribution < 1.29 is 14.1 Å². The van der Waals surface area contributed by atoms with Crippen molar-refractivity contribution in [2.75, 3.05) is 0 Å². The molecule has 0 spiro atoms. The molecule has 26 heavy (non-hydrogen) atoms. The molecule has 1 amide bonds. The van der Waals surface area contributed by atoms with Gasteiger partial charge in [-0.25, -0.2) is 4.39 Å². The van der Waals surface area contributed by atoms with E-state index in [0.717, 1.165) is 23.5 Å². The predicted molar refractivity (Wildman–Crippen MR) is 96.6 cm³/mol. The van der Waals surface area contributed by atoms with Crippen molar-refractivity contribution in [3.8, 4) is 12.3 Å². The molecule has 9 heteroatoms. The van der Waals surface area contributed by atoms with Gasteiger partial charge in [0.15, 0.2) is 4.80 Å². The average Bonchev–Trinajstić information content (AvgIpc) is 2.91. The molecular weight excluding hydrogens is 381 g/mol. The number of halogens is 2. The Bertz CT molecular complexity index is 1160. The fourth-order valence-corrected chi connectivity index (χ4v) is 3.62. The Morgan fingerprint density at radius 2 is 2.15 bits per heavy atom. The van der Waals surface area contributed by atoms with Gasteiger partial charge in [0.05, 0.1) is 32.3 Å². The summed E-state index contributed by atoms with van der Waals surface area (Å²) in [6, 6.07) is 7.67. The number of carbonyl (C=O) groups excluding carboxylic acids is 1. The van der Waals surface area contributed by atoms with Crippen LogP contribution in [0.2, 0.25) is 5.02 Å². The van der Waals surface area contributed by atoms with Crippen LogP contribution in [0.4, 0.5) is 10.1 Å². The summed E-state index contributed by atoms with van der Waals surface area (Å²) in [4.78, 5) is 27.1. The van der Waals surface area contributed by atoms with Crippen molar-refractivity contribution in [1.82, 2.24) is 4.57 Å². The Kier molecular flexibility index (Phi) is 4.84. The van der Waals surface area contributed by atoms with E-state index in [-0.39, 0.29) is 27.6 Å². The molecule has 0 unspecified atom stereocenters. The topological polar surface area (TPSA) is 77.5 Å². The van der Waals surface area contributed by atoms with Crippen molar-refractivity contribution in [3.63, 3.8) is 0 Å². The highest BCUT2D eigenvalue weighted by molar-refractivity contribution is 7.16. The Morgan fingerprint density at radius 1 is 1.38 bits per heavy atom. The normalized spacial score (nSPS) is 11.5. The molecule has 0 saturated carbocycles. The number of hydrogen-bond donors (Lipinski definition) is 0. The zero-order valence-corrected chi connectivity index (χ0v) is 14.6. The fraction of sp³-hybridized carbons (Fsp3) is 0.0588. The first-order chi connectivity index (χ1) is 12.4. The molecule has 0 atom stereocenters. The van der Waals surface area contributed by atoms with Gasteiger partial charge < -0.3 is 4.57 Å². The van der Waals surface area contributed by atoms with Crippen molar-refractivity contribution in [2.24, 2.45) is 4.99 Å². The summed E-state index contributed by atoms with van der Waals surface area (Å²) in [6.45, 7) is 0.126. The molecule has 0 radical (unpaired) electrons. The van der Waals surface area contributed by atoms with Crippen LogP contribution in [0.5, 0.6) is 0 Å². The van der Waals surface area contributed by atoms with Crippen LogP contribution >= 0.6 is 22.9 Å². The number of amides is 1. The lowest BCUT2D eigenvalue weighted by atomic mass is 10.2. The van der Waals surface area contributed by atoms with Crippen LogP contribution in [0.15, 0.2) is 41.4 Å². The summed E-state index contributed by atoms with van der Waals surface area (Å²) in [7, 11) is 0. The number of nitro groups is 1. The van der Waals surface area contributed by atoms with E-state index in [4.69, 9.17) is 18.0 Å². The molecule has 0 saturated heterocycles. The summed E-state index contributed by atoms with van der Waals surface area (Å²) in [5.74, 6) is 1.23. The summed E-state index contributed by atoms with van der Waals surface area (Å²) < 4.78 is 15.3. The number of terminal acetylenes is 1. The summed E-state index contributed by atoms with van der Waals surface area (Å²) in [6.07, 6.45) is 5.38. The van der Waals surface area contributed by atoms with E-state index >= 15 is 0 Å². The lowest BCUT2D eigenvalue weighted by Crippen LogP contribution is -2.16. The Labute approximate surface area is 155 Å². The van der Waals surface area contributed by atoms with Crippen LogP contribution in [-0.2, 0) is 6.54 Å². The third kappa shape index (κ3) is 3.35. The summed E-state index contributed by atoms with van der Waals surface area (Å²) in [5, 5.41) is 10.9.